The molecular formula is C13H16ClN3O3. The first-order valence-electron chi connectivity index (χ1n) is 6.52. The van der Waals surface area contributed by atoms with Crippen molar-refractivity contribution in [1.29, 1.82) is 0 Å². The highest BCUT2D eigenvalue weighted by Gasteiger charge is 2.15. The number of nitrogens with one attached hydrogen (secondary N) is 1. The molecule has 108 valence electrons. The molecule has 1 heterocycles. The van der Waals surface area contributed by atoms with E-state index < -0.39 is 4.92 Å². The van der Waals surface area contributed by atoms with E-state index in [1.165, 1.54) is 31.0 Å². The summed E-state index contributed by atoms with van der Waals surface area (Å²) in [7, 11) is 0. The topological polar surface area (TPSA) is 75.5 Å². The van der Waals surface area contributed by atoms with E-state index >= 15 is 0 Å². The molecule has 20 heavy (non-hydrogen) atoms. The summed E-state index contributed by atoms with van der Waals surface area (Å²) in [4.78, 5) is 24.3. The van der Waals surface area contributed by atoms with Gasteiger partial charge in [0, 0.05) is 25.2 Å². The Kier molecular flexibility index (Phi) is 4.92. The van der Waals surface area contributed by atoms with Crippen molar-refractivity contribution in [2.45, 2.75) is 12.8 Å². The molecule has 1 aliphatic rings. The van der Waals surface area contributed by atoms with Crippen LogP contribution in [0.2, 0.25) is 5.02 Å². The van der Waals surface area contributed by atoms with Crippen LogP contribution in [0.3, 0.4) is 0 Å². The highest BCUT2D eigenvalue weighted by Crippen LogP contribution is 2.22. The van der Waals surface area contributed by atoms with Crippen molar-refractivity contribution in [1.82, 2.24) is 10.2 Å². The molecule has 1 aromatic rings. The van der Waals surface area contributed by atoms with E-state index in [1.807, 2.05) is 0 Å². The van der Waals surface area contributed by atoms with Crippen LogP contribution in [0.25, 0.3) is 0 Å². The average Bonchev–Trinajstić information content (AvgIpc) is 2.91. The fourth-order valence-corrected chi connectivity index (χ4v) is 2.49. The molecular weight excluding hydrogens is 282 g/mol. The maximum Gasteiger partial charge on any atom is 0.270 e. The zero-order valence-corrected chi connectivity index (χ0v) is 11.7. The fraction of sp³-hybridized carbons (Fsp3) is 0.462. The number of benzene rings is 1. The summed E-state index contributed by atoms with van der Waals surface area (Å²) in [5.41, 5.74) is 0.141. The van der Waals surface area contributed by atoms with Gasteiger partial charge in [-0.3, -0.25) is 14.9 Å². The summed E-state index contributed by atoms with van der Waals surface area (Å²) in [6, 6.07) is 3.85. The van der Waals surface area contributed by atoms with E-state index in [0.717, 1.165) is 19.6 Å². The number of nitro groups is 1. The number of hydrogen-bond donors (Lipinski definition) is 1. The third-order valence-electron chi connectivity index (χ3n) is 3.32. The molecule has 0 spiro atoms. The molecule has 1 aromatic carbocycles. The van der Waals surface area contributed by atoms with Gasteiger partial charge in [0.25, 0.3) is 11.6 Å². The number of rotatable bonds is 5. The number of nitro benzene ring substituents is 1. The molecule has 0 aliphatic carbocycles. The first-order chi connectivity index (χ1) is 9.58. The van der Waals surface area contributed by atoms with Crippen molar-refractivity contribution >= 4 is 23.2 Å². The number of nitrogens with zero attached hydrogens (tertiary/aromatic N) is 2. The lowest BCUT2D eigenvalue weighted by molar-refractivity contribution is -0.384. The van der Waals surface area contributed by atoms with Crippen molar-refractivity contribution in [3.8, 4) is 0 Å². The second kappa shape index (κ2) is 6.67. The molecule has 0 radical (unpaired) electrons. The first-order valence-corrected chi connectivity index (χ1v) is 6.90. The lowest BCUT2D eigenvalue weighted by atomic mass is 10.2. The summed E-state index contributed by atoms with van der Waals surface area (Å²) in [5.74, 6) is -0.302. The van der Waals surface area contributed by atoms with Gasteiger partial charge in [0.15, 0.2) is 0 Å². The van der Waals surface area contributed by atoms with Crippen molar-refractivity contribution in [3.05, 3.63) is 38.9 Å². The minimum atomic E-state index is -0.541. The Bertz CT molecular complexity index is 516. The van der Waals surface area contributed by atoms with Crippen LogP contribution in [0, 0.1) is 10.1 Å². The van der Waals surface area contributed by atoms with E-state index in [9.17, 15) is 14.9 Å². The Balaban J connectivity index is 1.89. The highest BCUT2D eigenvalue weighted by atomic mass is 35.5. The van der Waals surface area contributed by atoms with Gasteiger partial charge in [-0.25, -0.2) is 0 Å². The number of non-ortho nitro benzene ring substituents is 1. The largest absolute Gasteiger partial charge is 0.351 e. The third-order valence-corrected chi connectivity index (χ3v) is 3.63. The number of carbonyl (C=O) groups is 1. The molecule has 2 rings (SSSR count). The molecule has 0 unspecified atom stereocenters. The number of likely N-dealkylation sites (tertiary alicyclic amines) is 1. The number of halogens is 1. The van der Waals surface area contributed by atoms with Crippen LogP contribution in [-0.2, 0) is 0 Å². The SMILES string of the molecule is O=C(NCCN1CCCC1)c1ccc([N+](=O)[O-])cc1Cl. The van der Waals surface area contributed by atoms with Gasteiger partial charge >= 0.3 is 0 Å². The average molecular weight is 298 g/mol. The number of hydrogen-bond acceptors (Lipinski definition) is 4. The maximum atomic E-state index is 11.9. The Morgan fingerprint density at radius 3 is 2.70 bits per heavy atom. The van der Waals surface area contributed by atoms with Crippen LogP contribution in [0.1, 0.15) is 23.2 Å². The second-order valence-corrected chi connectivity index (χ2v) is 5.13. The maximum absolute atomic E-state index is 11.9. The van der Waals surface area contributed by atoms with Crippen LogP contribution in [0.5, 0.6) is 0 Å². The van der Waals surface area contributed by atoms with Crippen LogP contribution in [-0.4, -0.2) is 41.9 Å². The van der Waals surface area contributed by atoms with Crippen LogP contribution in [0.4, 0.5) is 5.69 Å². The van der Waals surface area contributed by atoms with Gasteiger partial charge in [-0.1, -0.05) is 11.6 Å². The van der Waals surface area contributed by atoms with Crippen molar-refractivity contribution < 1.29 is 9.72 Å². The summed E-state index contributed by atoms with van der Waals surface area (Å²) in [6.07, 6.45) is 2.42. The zero-order valence-electron chi connectivity index (χ0n) is 11.0. The van der Waals surface area contributed by atoms with Crippen LogP contribution >= 0.6 is 11.6 Å². The lowest BCUT2D eigenvalue weighted by Gasteiger charge is -2.14. The quantitative estimate of drug-likeness (QED) is 0.667. The molecule has 1 saturated heterocycles. The van der Waals surface area contributed by atoms with E-state index in [2.05, 4.69) is 10.2 Å². The minimum Gasteiger partial charge on any atom is -0.351 e. The molecule has 7 heteroatoms. The van der Waals surface area contributed by atoms with E-state index in [1.54, 1.807) is 0 Å². The fourth-order valence-electron chi connectivity index (χ4n) is 2.23. The summed E-state index contributed by atoms with van der Waals surface area (Å²) in [6.45, 7) is 3.52. The zero-order chi connectivity index (χ0) is 14.5. The van der Waals surface area contributed by atoms with Gasteiger partial charge in [0.1, 0.15) is 0 Å². The number of amides is 1. The predicted octanol–water partition coefficient (Wildman–Crippen LogP) is 2.07. The van der Waals surface area contributed by atoms with E-state index in [-0.39, 0.29) is 22.2 Å². The highest BCUT2D eigenvalue weighted by molar-refractivity contribution is 6.34. The van der Waals surface area contributed by atoms with Gasteiger partial charge in [-0.15, -0.1) is 0 Å². The predicted molar refractivity (Wildman–Crippen MR) is 76.1 cm³/mol. The third kappa shape index (κ3) is 3.68. The van der Waals surface area contributed by atoms with Crippen molar-refractivity contribution in [2.24, 2.45) is 0 Å². The van der Waals surface area contributed by atoms with Gasteiger partial charge in [0.05, 0.1) is 15.5 Å². The van der Waals surface area contributed by atoms with Gasteiger partial charge < -0.3 is 10.2 Å². The standard InChI is InChI=1S/C13H16ClN3O3/c14-12-9-10(17(19)20)3-4-11(12)13(18)15-5-8-16-6-1-2-7-16/h3-4,9H,1-2,5-8H2,(H,15,18). The van der Waals surface area contributed by atoms with E-state index in [0.29, 0.717) is 6.54 Å². The number of carbonyl (C=O) groups excluding carboxylic acids is 1. The lowest BCUT2D eigenvalue weighted by Crippen LogP contribution is -2.33. The van der Waals surface area contributed by atoms with E-state index in [4.69, 9.17) is 11.6 Å². The monoisotopic (exact) mass is 297 g/mol. The minimum absolute atomic E-state index is 0.0953. The second-order valence-electron chi connectivity index (χ2n) is 4.73. The molecule has 0 atom stereocenters. The van der Waals surface area contributed by atoms with Gasteiger partial charge in [-0.05, 0) is 32.0 Å². The summed E-state index contributed by atoms with van der Waals surface area (Å²) in [5, 5.41) is 13.5. The normalized spacial score (nSPS) is 15.2. The Hall–Kier alpha value is -1.66. The van der Waals surface area contributed by atoms with Gasteiger partial charge in [-0.2, -0.15) is 0 Å². The molecule has 1 amide bonds. The Morgan fingerprint density at radius 2 is 2.10 bits per heavy atom. The molecule has 1 fully saturated rings. The van der Waals surface area contributed by atoms with Crippen molar-refractivity contribution in [2.75, 3.05) is 26.2 Å². The molecule has 0 aromatic heterocycles. The van der Waals surface area contributed by atoms with Gasteiger partial charge in [0.2, 0.25) is 0 Å². The first kappa shape index (κ1) is 14.7. The molecule has 1 aliphatic heterocycles. The molecule has 0 saturated carbocycles. The molecule has 6 nitrogen and oxygen atoms in total. The van der Waals surface area contributed by atoms with Crippen molar-refractivity contribution in [3.63, 3.8) is 0 Å². The summed E-state index contributed by atoms with van der Waals surface area (Å²) < 4.78 is 0. The Labute approximate surface area is 121 Å². The summed E-state index contributed by atoms with van der Waals surface area (Å²) >= 11 is 5.90. The van der Waals surface area contributed by atoms with Crippen LogP contribution in [0.15, 0.2) is 18.2 Å². The van der Waals surface area contributed by atoms with Crippen LogP contribution < -0.4 is 5.32 Å². The molecule has 0 bridgehead atoms. The molecule has 1 N–H and O–H groups in total. The smallest absolute Gasteiger partial charge is 0.270 e. The Morgan fingerprint density at radius 1 is 1.40 bits per heavy atom.